The fourth-order valence-corrected chi connectivity index (χ4v) is 2.78. The van der Waals surface area contributed by atoms with Gasteiger partial charge in [-0.2, -0.15) is 0 Å². The summed E-state index contributed by atoms with van der Waals surface area (Å²) < 4.78 is 0.967. The number of halogens is 1. The minimum absolute atomic E-state index is 0.573. The molecule has 3 heterocycles. The Morgan fingerprint density at radius 1 is 1.44 bits per heavy atom. The molecule has 1 aliphatic heterocycles. The average molecular weight is 307 g/mol. The van der Waals surface area contributed by atoms with Crippen LogP contribution in [0.3, 0.4) is 0 Å². The lowest BCUT2D eigenvalue weighted by atomic mass is 10.2. The second-order valence-electron chi connectivity index (χ2n) is 4.57. The van der Waals surface area contributed by atoms with Crippen LogP contribution in [-0.2, 0) is 0 Å². The highest BCUT2D eigenvalue weighted by Gasteiger charge is 2.22. The number of hydrogen-bond acceptors (Lipinski definition) is 4. The summed E-state index contributed by atoms with van der Waals surface area (Å²) >= 11 is 3.44. The molecule has 0 saturated carbocycles. The first-order chi connectivity index (χ1) is 8.78. The maximum Gasteiger partial charge on any atom is 0.112 e. The summed E-state index contributed by atoms with van der Waals surface area (Å²) in [4.78, 5) is 11.3. The number of nitrogens with zero attached hydrogens (tertiary/aromatic N) is 3. The van der Waals surface area contributed by atoms with Crippen molar-refractivity contribution in [2.45, 2.75) is 12.5 Å². The zero-order chi connectivity index (χ0) is 12.5. The van der Waals surface area contributed by atoms with Crippen molar-refractivity contribution in [3.63, 3.8) is 0 Å². The molecule has 0 bridgehead atoms. The number of fused-ring (bicyclic) bond motifs is 1. The Morgan fingerprint density at radius 2 is 2.33 bits per heavy atom. The molecule has 0 aliphatic carbocycles. The van der Waals surface area contributed by atoms with Gasteiger partial charge in [0.15, 0.2) is 0 Å². The maximum atomic E-state index is 4.50. The second kappa shape index (κ2) is 4.82. The zero-order valence-electron chi connectivity index (χ0n) is 10.2. The predicted molar refractivity (Wildman–Crippen MR) is 76.9 cm³/mol. The van der Waals surface area contributed by atoms with E-state index in [1.165, 1.54) is 12.1 Å². The van der Waals surface area contributed by atoms with Gasteiger partial charge >= 0.3 is 0 Å². The van der Waals surface area contributed by atoms with Crippen LogP contribution in [0.4, 0.5) is 5.69 Å². The molecule has 1 fully saturated rings. The van der Waals surface area contributed by atoms with Gasteiger partial charge in [-0.3, -0.25) is 9.97 Å². The van der Waals surface area contributed by atoms with Gasteiger partial charge in [0.25, 0.3) is 0 Å². The van der Waals surface area contributed by atoms with E-state index in [9.17, 15) is 0 Å². The van der Waals surface area contributed by atoms with E-state index in [1.807, 2.05) is 25.5 Å². The highest BCUT2D eigenvalue weighted by atomic mass is 79.9. The lowest BCUT2D eigenvalue weighted by Gasteiger charge is -2.19. The molecule has 2 aromatic heterocycles. The Labute approximate surface area is 115 Å². The molecule has 1 aliphatic rings. The van der Waals surface area contributed by atoms with E-state index in [-0.39, 0.29) is 0 Å². The Bertz CT molecular complexity index is 572. The summed E-state index contributed by atoms with van der Waals surface area (Å²) in [5.74, 6) is 0. The highest BCUT2D eigenvalue weighted by molar-refractivity contribution is 9.10. The van der Waals surface area contributed by atoms with Crippen LogP contribution in [0.25, 0.3) is 11.0 Å². The summed E-state index contributed by atoms with van der Waals surface area (Å²) in [6.45, 7) is 2.11. The number of pyridine rings is 2. The first-order valence-corrected chi connectivity index (χ1v) is 6.89. The van der Waals surface area contributed by atoms with E-state index < -0.39 is 0 Å². The van der Waals surface area contributed by atoms with Crippen LogP contribution in [-0.4, -0.2) is 36.1 Å². The normalized spacial score (nSPS) is 19.7. The van der Waals surface area contributed by atoms with E-state index >= 15 is 0 Å². The SMILES string of the molecule is CNC1CCN(c2ccnc3cc(Br)cnc23)C1. The molecule has 1 unspecified atom stereocenters. The van der Waals surface area contributed by atoms with Crippen molar-refractivity contribution in [2.24, 2.45) is 0 Å². The molecule has 18 heavy (non-hydrogen) atoms. The maximum absolute atomic E-state index is 4.50. The van der Waals surface area contributed by atoms with E-state index in [2.05, 4.69) is 42.2 Å². The van der Waals surface area contributed by atoms with Gasteiger partial charge in [-0.05, 0) is 41.5 Å². The fourth-order valence-electron chi connectivity index (χ4n) is 2.46. The Morgan fingerprint density at radius 3 is 3.11 bits per heavy atom. The van der Waals surface area contributed by atoms with Crippen molar-refractivity contribution in [1.82, 2.24) is 15.3 Å². The quantitative estimate of drug-likeness (QED) is 0.923. The van der Waals surface area contributed by atoms with Crippen molar-refractivity contribution < 1.29 is 0 Å². The van der Waals surface area contributed by atoms with Gasteiger partial charge in [0, 0.05) is 36.0 Å². The molecule has 1 saturated heterocycles. The minimum atomic E-state index is 0.573. The molecule has 1 atom stereocenters. The monoisotopic (exact) mass is 306 g/mol. The number of hydrogen-bond donors (Lipinski definition) is 1. The molecule has 0 radical (unpaired) electrons. The van der Waals surface area contributed by atoms with Crippen LogP contribution in [0.2, 0.25) is 0 Å². The number of rotatable bonds is 2. The van der Waals surface area contributed by atoms with E-state index in [0.717, 1.165) is 28.6 Å². The zero-order valence-corrected chi connectivity index (χ0v) is 11.8. The van der Waals surface area contributed by atoms with Crippen LogP contribution in [0.1, 0.15) is 6.42 Å². The summed E-state index contributed by atoms with van der Waals surface area (Å²) in [6.07, 6.45) is 4.87. The lowest BCUT2D eigenvalue weighted by Crippen LogP contribution is -2.29. The molecular weight excluding hydrogens is 292 g/mol. The van der Waals surface area contributed by atoms with Crippen molar-refractivity contribution in [2.75, 3.05) is 25.0 Å². The van der Waals surface area contributed by atoms with Crippen LogP contribution in [0.15, 0.2) is 29.0 Å². The van der Waals surface area contributed by atoms with Crippen molar-refractivity contribution >= 4 is 32.7 Å². The Hall–Kier alpha value is -1.20. The molecule has 2 aromatic rings. The third-order valence-electron chi connectivity index (χ3n) is 3.46. The topological polar surface area (TPSA) is 41.0 Å². The smallest absolute Gasteiger partial charge is 0.112 e. The largest absolute Gasteiger partial charge is 0.368 e. The molecular formula is C13H15BrN4. The van der Waals surface area contributed by atoms with E-state index in [4.69, 9.17) is 0 Å². The lowest BCUT2D eigenvalue weighted by molar-refractivity contribution is 0.617. The molecule has 0 amide bonds. The van der Waals surface area contributed by atoms with E-state index in [0.29, 0.717) is 6.04 Å². The summed E-state index contributed by atoms with van der Waals surface area (Å²) in [5, 5.41) is 3.34. The Kier molecular flexibility index (Phi) is 3.18. The molecule has 94 valence electrons. The molecule has 0 aromatic carbocycles. The molecule has 3 rings (SSSR count). The predicted octanol–water partition coefficient (Wildman–Crippen LogP) is 2.19. The van der Waals surface area contributed by atoms with Crippen molar-refractivity contribution in [3.05, 3.63) is 29.0 Å². The van der Waals surface area contributed by atoms with Crippen molar-refractivity contribution in [1.29, 1.82) is 0 Å². The summed E-state index contributed by atoms with van der Waals surface area (Å²) in [7, 11) is 2.02. The minimum Gasteiger partial charge on any atom is -0.368 e. The van der Waals surface area contributed by atoms with Crippen molar-refractivity contribution in [3.8, 4) is 0 Å². The van der Waals surface area contributed by atoms with Crippen LogP contribution in [0, 0.1) is 0 Å². The first-order valence-electron chi connectivity index (χ1n) is 6.10. The standard InChI is InChI=1S/C13H15BrN4/c1-15-10-3-5-18(8-10)12-2-4-16-11-6-9(14)7-17-13(11)12/h2,4,6-7,10,15H,3,5,8H2,1H3. The Balaban J connectivity index is 2.02. The van der Waals surface area contributed by atoms with Crippen LogP contribution in [0.5, 0.6) is 0 Å². The fraction of sp³-hybridized carbons (Fsp3) is 0.385. The van der Waals surface area contributed by atoms with Gasteiger partial charge in [0.2, 0.25) is 0 Å². The van der Waals surface area contributed by atoms with Gasteiger partial charge in [0.05, 0.1) is 11.2 Å². The third kappa shape index (κ3) is 2.08. The highest BCUT2D eigenvalue weighted by Crippen LogP contribution is 2.27. The van der Waals surface area contributed by atoms with Gasteiger partial charge in [-0.25, -0.2) is 0 Å². The van der Waals surface area contributed by atoms with Gasteiger partial charge < -0.3 is 10.2 Å². The molecule has 5 heteroatoms. The van der Waals surface area contributed by atoms with Gasteiger partial charge in [0.1, 0.15) is 5.52 Å². The summed E-state index contributed by atoms with van der Waals surface area (Å²) in [5.41, 5.74) is 3.11. The van der Waals surface area contributed by atoms with Crippen LogP contribution >= 0.6 is 15.9 Å². The van der Waals surface area contributed by atoms with Gasteiger partial charge in [-0.1, -0.05) is 0 Å². The average Bonchev–Trinajstić information content (AvgIpc) is 2.86. The van der Waals surface area contributed by atoms with E-state index in [1.54, 1.807) is 0 Å². The molecule has 1 N–H and O–H groups in total. The number of nitrogens with one attached hydrogen (secondary N) is 1. The summed E-state index contributed by atoms with van der Waals surface area (Å²) in [6, 6.07) is 4.64. The first kappa shape index (κ1) is 11.9. The number of likely N-dealkylation sites (N-methyl/N-ethyl adjacent to an activating group) is 1. The number of aromatic nitrogens is 2. The second-order valence-corrected chi connectivity index (χ2v) is 5.49. The number of anilines is 1. The third-order valence-corrected chi connectivity index (χ3v) is 3.89. The molecule has 4 nitrogen and oxygen atoms in total. The van der Waals surface area contributed by atoms with Crippen LogP contribution < -0.4 is 10.2 Å². The van der Waals surface area contributed by atoms with Gasteiger partial charge in [-0.15, -0.1) is 0 Å². The molecule has 0 spiro atoms.